The van der Waals surface area contributed by atoms with Gasteiger partial charge in [0.1, 0.15) is 12.1 Å². The average Bonchev–Trinajstić information content (AvgIpc) is 2.60. The Morgan fingerprint density at radius 2 is 1.73 bits per heavy atom. The molecule has 0 saturated carbocycles. The molecule has 4 N–H and O–H groups in total. The zero-order chi connectivity index (χ0) is 19.3. The molecular formula is C18H22N2O5S. The van der Waals surface area contributed by atoms with Gasteiger partial charge in [-0.2, -0.15) is 4.72 Å². The molecule has 0 heterocycles. The van der Waals surface area contributed by atoms with Crippen LogP contribution in [0.2, 0.25) is 0 Å². The Hall–Kier alpha value is -2.42. The van der Waals surface area contributed by atoms with Crippen molar-refractivity contribution in [3.63, 3.8) is 0 Å². The maximum Gasteiger partial charge on any atom is 0.327 e. The number of sulfonamides is 1. The van der Waals surface area contributed by atoms with Crippen molar-refractivity contribution >= 4 is 21.7 Å². The van der Waals surface area contributed by atoms with Crippen LogP contribution < -0.4 is 10.5 Å². The summed E-state index contributed by atoms with van der Waals surface area (Å²) in [6, 6.07) is 10.8. The molecule has 0 aliphatic carbocycles. The fourth-order valence-electron chi connectivity index (χ4n) is 2.31. The maximum absolute atomic E-state index is 12.6. The van der Waals surface area contributed by atoms with Crippen molar-refractivity contribution in [2.75, 3.05) is 12.3 Å². The van der Waals surface area contributed by atoms with E-state index in [0.717, 1.165) is 5.56 Å². The highest BCUT2D eigenvalue weighted by Gasteiger charge is 2.34. The van der Waals surface area contributed by atoms with Crippen LogP contribution in [0, 0.1) is 6.92 Å². The smallest absolute Gasteiger partial charge is 0.327 e. The number of carbonyl (C=O) groups is 1. The third-order valence-corrected chi connectivity index (χ3v) is 5.20. The van der Waals surface area contributed by atoms with Gasteiger partial charge in [-0.3, -0.25) is 4.79 Å². The van der Waals surface area contributed by atoms with E-state index in [0.29, 0.717) is 11.3 Å². The quantitative estimate of drug-likeness (QED) is 0.496. The van der Waals surface area contributed by atoms with Gasteiger partial charge in [0.15, 0.2) is 0 Å². The lowest BCUT2D eigenvalue weighted by Crippen LogP contribution is -2.45. The second-order valence-corrected chi connectivity index (χ2v) is 7.49. The predicted octanol–water partition coefficient (Wildman–Crippen LogP) is 1.52. The summed E-state index contributed by atoms with van der Waals surface area (Å²) in [5.41, 5.74) is 7.33. The molecule has 2 rings (SSSR count). The number of hydrogen-bond donors (Lipinski definition) is 3. The molecule has 0 amide bonds. The number of hydrogen-bond acceptors (Lipinski definition) is 6. The van der Waals surface area contributed by atoms with Crippen LogP contribution in [0.15, 0.2) is 53.4 Å². The Bertz CT molecular complexity index is 848. The van der Waals surface area contributed by atoms with Crippen LogP contribution in [-0.4, -0.2) is 32.1 Å². The third-order valence-electron chi connectivity index (χ3n) is 3.75. The standard InChI is InChI=1S/C18H22N2O5S/c1-3-25-18(22)16(17(21)13-6-8-14(19)9-7-13)20-26(23,24)15-10-4-12(2)5-11-15/h4-11,16-17,20-21H,3,19H2,1-2H3/t16-,17+/m0/s1. The van der Waals surface area contributed by atoms with Crippen LogP contribution in [0.5, 0.6) is 0 Å². The van der Waals surface area contributed by atoms with Crippen molar-refractivity contribution < 1.29 is 23.1 Å². The summed E-state index contributed by atoms with van der Waals surface area (Å²) >= 11 is 0. The second-order valence-electron chi connectivity index (χ2n) is 5.78. The number of rotatable bonds is 7. The molecule has 0 aromatic heterocycles. The SMILES string of the molecule is CCOC(=O)[C@@H](NS(=O)(=O)c1ccc(C)cc1)[C@H](O)c1ccc(N)cc1. The van der Waals surface area contributed by atoms with Crippen LogP contribution in [0.4, 0.5) is 5.69 Å². The number of esters is 1. The van der Waals surface area contributed by atoms with E-state index in [2.05, 4.69) is 4.72 Å². The second kappa shape index (κ2) is 8.31. The summed E-state index contributed by atoms with van der Waals surface area (Å²) in [6.45, 7) is 3.48. The molecular weight excluding hydrogens is 356 g/mol. The molecule has 0 unspecified atom stereocenters. The molecule has 0 radical (unpaired) electrons. The Balaban J connectivity index is 2.33. The normalized spacial score (nSPS) is 13.8. The zero-order valence-corrected chi connectivity index (χ0v) is 15.4. The average molecular weight is 378 g/mol. The highest BCUT2D eigenvalue weighted by atomic mass is 32.2. The van der Waals surface area contributed by atoms with E-state index >= 15 is 0 Å². The molecule has 2 aromatic carbocycles. The number of aliphatic hydroxyl groups excluding tert-OH is 1. The Morgan fingerprint density at radius 3 is 2.27 bits per heavy atom. The Morgan fingerprint density at radius 1 is 1.15 bits per heavy atom. The minimum Gasteiger partial charge on any atom is -0.465 e. The molecule has 0 aliphatic heterocycles. The molecule has 26 heavy (non-hydrogen) atoms. The van der Waals surface area contributed by atoms with Crippen molar-refractivity contribution in [2.45, 2.75) is 30.9 Å². The first kappa shape index (κ1) is 19.9. The number of anilines is 1. The summed E-state index contributed by atoms with van der Waals surface area (Å²) in [5, 5.41) is 10.6. The fraction of sp³-hybridized carbons (Fsp3) is 0.278. The van der Waals surface area contributed by atoms with Crippen LogP contribution >= 0.6 is 0 Å². The van der Waals surface area contributed by atoms with E-state index in [1.54, 1.807) is 31.2 Å². The largest absolute Gasteiger partial charge is 0.465 e. The van der Waals surface area contributed by atoms with E-state index < -0.39 is 28.1 Å². The van der Waals surface area contributed by atoms with Gasteiger partial charge < -0.3 is 15.6 Å². The molecule has 0 aliphatic rings. The van der Waals surface area contributed by atoms with Gasteiger partial charge in [0.2, 0.25) is 10.0 Å². The first-order valence-corrected chi connectivity index (χ1v) is 9.52. The van der Waals surface area contributed by atoms with Crippen LogP contribution in [0.1, 0.15) is 24.2 Å². The lowest BCUT2D eigenvalue weighted by atomic mass is 10.0. The van der Waals surface area contributed by atoms with Crippen LogP contribution in [0.3, 0.4) is 0 Å². The lowest BCUT2D eigenvalue weighted by Gasteiger charge is -2.23. The van der Waals surface area contributed by atoms with E-state index in [4.69, 9.17) is 10.5 Å². The van der Waals surface area contributed by atoms with Crippen LogP contribution in [-0.2, 0) is 19.6 Å². The van der Waals surface area contributed by atoms with Crippen molar-refractivity contribution in [2.24, 2.45) is 0 Å². The third kappa shape index (κ3) is 4.81. The van der Waals surface area contributed by atoms with Crippen molar-refractivity contribution in [3.8, 4) is 0 Å². The maximum atomic E-state index is 12.6. The number of ether oxygens (including phenoxy) is 1. The number of benzene rings is 2. The van der Waals surface area contributed by atoms with Crippen LogP contribution in [0.25, 0.3) is 0 Å². The number of aliphatic hydroxyl groups is 1. The van der Waals surface area contributed by atoms with E-state index in [-0.39, 0.29) is 11.5 Å². The zero-order valence-electron chi connectivity index (χ0n) is 14.5. The van der Waals surface area contributed by atoms with Crippen molar-refractivity contribution in [1.82, 2.24) is 4.72 Å². The molecule has 2 aromatic rings. The Kier molecular flexibility index (Phi) is 6.36. The number of carbonyl (C=O) groups excluding carboxylic acids is 1. The minimum atomic E-state index is -4.04. The van der Waals surface area contributed by atoms with Gasteiger partial charge in [-0.1, -0.05) is 29.8 Å². The number of aryl methyl sites for hydroxylation is 1. The topological polar surface area (TPSA) is 119 Å². The first-order chi connectivity index (χ1) is 12.2. The first-order valence-electron chi connectivity index (χ1n) is 8.03. The molecule has 140 valence electrons. The van der Waals surface area contributed by atoms with Crippen molar-refractivity contribution in [3.05, 3.63) is 59.7 Å². The summed E-state index contributed by atoms with van der Waals surface area (Å²) in [5.74, 6) is -0.868. The van der Waals surface area contributed by atoms with E-state index in [1.165, 1.54) is 24.3 Å². The van der Waals surface area contributed by atoms with E-state index in [1.807, 2.05) is 6.92 Å². The molecule has 0 bridgehead atoms. The van der Waals surface area contributed by atoms with Gasteiger partial charge in [0, 0.05) is 5.69 Å². The predicted molar refractivity (Wildman–Crippen MR) is 97.7 cm³/mol. The fourth-order valence-corrected chi connectivity index (χ4v) is 3.50. The molecule has 8 heteroatoms. The summed E-state index contributed by atoms with van der Waals surface area (Å²) in [6.07, 6.45) is -1.44. The highest BCUT2D eigenvalue weighted by Crippen LogP contribution is 2.21. The summed E-state index contributed by atoms with van der Waals surface area (Å²) < 4.78 is 32.4. The number of nitrogen functional groups attached to an aromatic ring is 1. The van der Waals surface area contributed by atoms with Gasteiger partial charge in [0.05, 0.1) is 11.5 Å². The molecule has 2 atom stereocenters. The highest BCUT2D eigenvalue weighted by molar-refractivity contribution is 7.89. The number of nitrogens with one attached hydrogen (secondary N) is 1. The summed E-state index contributed by atoms with van der Waals surface area (Å²) in [7, 11) is -4.04. The summed E-state index contributed by atoms with van der Waals surface area (Å²) in [4.78, 5) is 12.2. The minimum absolute atomic E-state index is 0.0121. The van der Waals surface area contributed by atoms with E-state index in [9.17, 15) is 18.3 Å². The molecule has 0 spiro atoms. The van der Waals surface area contributed by atoms with Gasteiger partial charge in [-0.25, -0.2) is 8.42 Å². The van der Waals surface area contributed by atoms with Crippen molar-refractivity contribution in [1.29, 1.82) is 0 Å². The molecule has 7 nitrogen and oxygen atoms in total. The molecule has 0 saturated heterocycles. The van der Waals surface area contributed by atoms with Gasteiger partial charge >= 0.3 is 5.97 Å². The van der Waals surface area contributed by atoms with Gasteiger partial charge in [-0.05, 0) is 43.7 Å². The lowest BCUT2D eigenvalue weighted by molar-refractivity contribution is -0.148. The monoisotopic (exact) mass is 378 g/mol. The van der Waals surface area contributed by atoms with Gasteiger partial charge in [-0.15, -0.1) is 0 Å². The Labute approximate surface area is 152 Å². The van der Waals surface area contributed by atoms with Gasteiger partial charge in [0.25, 0.3) is 0 Å². The molecule has 0 fully saturated rings. The number of nitrogens with two attached hydrogens (primary N) is 1.